The van der Waals surface area contributed by atoms with Crippen molar-refractivity contribution in [2.75, 3.05) is 13.1 Å². The first kappa shape index (κ1) is 13.7. The summed E-state index contributed by atoms with van der Waals surface area (Å²) >= 11 is 12.3. The molecule has 1 aliphatic heterocycles. The van der Waals surface area contributed by atoms with E-state index in [1.54, 1.807) is 6.07 Å². The molecule has 1 saturated carbocycles. The number of hydrogen-bond donors (Lipinski definition) is 1. The Morgan fingerprint density at radius 3 is 2.68 bits per heavy atom. The maximum Gasteiger partial charge on any atom is 0.0971 e. The van der Waals surface area contributed by atoms with Gasteiger partial charge in [-0.1, -0.05) is 48.5 Å². The molecular weight excluding hydrogens is 281 g/mol. The zero-order valence-electron chi connectivity index (χ0n) is 10.9. The highest BCUT2D eigenvalue weighted by atomic mass is 35.5. The van der Waals surface area contributed by atoms with Gasteiger partial charge >= 0.3 is 0 Å². The summed E-state index contributed by atoms with van der Waals surface area (Å²) in [4.78, 5) is 0. The minimum Gasteiger partial charge on any atom is -0.364 e. The monoisotopic (exact) mass is 299 g/mol. The van der Waals surface area contributed by atoms with E-state index in [0.717, 1.165) is 31.5 Å². The van der Waals surface area contributed by atoms with E-state index >= 15 is 0 Å². The van der Waals surface area contributed by atoms with Crippen LogP contribution in [0.4, 0.5) is 0 Å². The van der Waals surface area contributed by atoms with Gasteiger partial charge in [-0.25, -0.2) is 0 Å². The van der Waals surface area contributed by atoms with Gasteiger partial charge in [-0.2, -0.15) is 0 Å². The molecule has 104 valence electrons. The topological polar surface area (TPSA) is 21.3 Å². The highest BCUT2D eigenvalue weighted by molar-refractivity contribution is 6.35. The van der Waals surface area contributed by atoms with Crippen LogP contribution in [-0.4, -0.2) is 18.7 Å². The number of halogens is 2. The van der Waals surface area contributed by atoms with Gasteiger partial charge in [0.05, 0.1) is 11.7 Å². The van der Waals surface area contributed by atoms with Gasteiger partial charge in [-0.05, 0) is 25.0 Å². The summed E-state index contributed by atoms with van der Waals surface area (Å²) in [7, 11) is 0. The molecule has 2 nitrogen and oxygen atoms in total. The summed E-state index contributed by atoms with van der Waals surface area (Å²) in [6.07, 6.45) is 6.21. The van der Waals surface area contributed by atoms with Crippen molar-refractivity contribution in [2.24, 2.45) is 0 Å². The summed E-state index contributed by atoms with van der Waals surface area (Å²) in [5, 5.41) is 4.89. The average Bonchev–Trinajstić information content (AvgIpc) is 2.39. The Kier molecular flexibility index (Phi) is 4.04. The fourth-order valence-electron chi connectivity index (χ4n) is 3.24. The zero-order chi connectivity index (χ0) is 13.3. The second-order valence-corrected chi connectivity index (χ2v) is 6.49. The zero-order valence-corrected chi connectivity index (χ0v) is 12.4. The first-order valence-corrected chi connectivity index (χ1v) is 7.78. The molecule has 1 unspecified atom stereocenters. The van der Waals surface area contributed by atoms with E-state index in [2.05, 4.69) is 5.32 Å². The van der Waals surface area contributed by atoms with Crippen molar-refractivity contribution in [1.29, 1.82) is 0 Å². The Bertz CT molecular complexity index is 452. The molecule has 2 aliphatic rings. The molecule has 1 saturated heterocycles. The van der Waals surface area contributed by atoms with Gasteiger partial charge in [0.25, 0.3) is 0 Å². The lowest BCUT2D eigenvalue weighted by atomic mass is 9.83. The Balaban J connectivity index is 1.81. The molecule has 1 aliphatic carbocycles. The molecule has 1 aromatic rings. The van der Waals surface area contributed by atoms with E-state index < -0.39 is 0 Å². The van der Waals surface area contributed by atoms with Gasteiger partial charge in [0, 0.05) is 28.7 Å². The van der Waals surface area contributed by atoms with Crippen LogP contribution in [0.3, 0.4) is 0 Å². The standard InChI is InChI=1S/C15H19Cl2NO/c16-11-4-5-12(13(17)8-11)14-9-18-10-15(19-14)6-2-1-3-7-15/h4-5,8,14,18H,1-3,6-7,9-10H2. The van der Waals surface area contributed by atoms with Gasteiger partial charge < -0.3 is 10.1 Å². The molecule has 0 radical (unpaired) electrons. The van der Waals surface area contributed by atoms with Crippen molar-refractivity contribution in [3.05, 3.63) is 33.8 Å². The van der Waals surface area contributed by atoms with Crippen molar-refractivity contribution in [3.8, 4) is 0 Å². The van der Waals surface area contributed by atoms with Gasteiger partial charge in [0.15, 0.2) is 0 Å². The number of ether oxygens (including phenoxy) is 1. The lowest BCUT2D eigenvalue weighted by Crippen LogP contribution is -2.51. The van der Waals surface area contributed by atoms with E-state index in [9.17, 15) is 0 Å². The van der Waals surface area contributed by atoms with Gasteiger partial charge in [-0.15, -0.1) is 0 Å². The third-order valence-electron chi connectivity index (χ3n) is 4.24. The lowest BCUT2D eigenvalue weighted by molar-refractivity contribution is -0.135. The number of rotatable bonds is 1. The Morgan fingerprint density at radius 1 is 1.16 bits per heavy atom. The van der Waals surface area contributed by atoms with Crippen LogP contribution in [0.2, 0.25) is 10.0 Å². The molecular formula is C15H19Cl2NO. The first-order valence-electron chi connectivity index (χ1n) is 7.02. The first-order chi connectivity index (χ1) is 9.19. The molecule has 2 fully saturated rings. The SMILES string of the molecule is Clc1ccc(C2CNCC3(CCCCC3)O2)c(Cl)c1. The largest absolute Gasteiger partial charge is 0.364 e. The fraction of sp³-hybridized carbons (Fsp3) is 0.600. The highest BCUT2D eigenvalue weighted by Crippen LogP contribution is 2.39. The Hall–Kier alpha value is -0.280. The number of benzene rings is 1. The predicted molar refractivity (Wildman–Crippen MR) is 79.0 cm³/mol. The molecule has 1 N–H and O–H groups in total. The molecule has 0 aromatic heterocycles. The quantitative estimate of drug-likeness (QED) is 0.832. The van der Waals surface area contributed by atoms with E-state index in [0.29, 0.717) is 10.0 Å². The lowest BCUT2D eigenvalue weighted by Gasteiger charge is -2.44. The van der Waals surface area contributed by atoms with Gasteiger partial charge in [-0.3, -0.25) is 0 Å². The summed E-state index contributed by atoms with van der Waals surface area (Å²) in [5.74, 6) is 0. The van der Waals surface area contributed by atoms with Crippen molar-refractivity contribution >= 4 is 23.2 Å². The van der Waals surface area contributed by atoms with Crippen LogP contribution in [0.1, 0.15) is 43.8 Å². The van der Waals surface area contributed by atoms with Crippen molar-refractivity contribution in [3.63, 3.8) is 0 Å². The van der Waals surface area contributed by atoms with Crippen LogP contribution in [0.15, 0.2) is 18.2 Å². The highest BCUT2D eigenvalue weighted by Gasteiger charge is 2.39. The molecule has 1 heterocycles. The van der Waals surface area contributed by atoms with Crippen molar-refractivity contribution in [1.82, 2.24) is 5.32 Å². The van der Waals surface area contributed by atoms with Gasteiger partial charge in [0.1, 0.15) is 0 Å². The molecule has 1 spiro atoms. The molecule has 1 atom stereocenters. The van der Waals surface area contributed by atoms with E-state index in [-0.39, 0.29) is 11.7 Å². The second-order valence-electron chi connectivity index (χ2n) is 5.65. The van der Waals surface area contributed by atoms with Crippen molar-refractivity contribution < 1.29 is 4.74 Å². The summed E-state index contributed by atoms with van der Waals surface area (Å²) < 4.78 is 6.43. The second kappa shape index (κ2) is 5.61. The smallest absolute Gasteiger partial charge is 0.0971 e. The molecule has 1 aromatic carbocycles. The molecule has 0 bridgehead atoms. The van der Waals surface area contributed by atoms with Crippen LogP contribution in [0.5, 0.6) is 0 Å². The fourth-order valence-corrected chi connectivity index (χ4v) is 3.77. The molecule has 3 rings (SSSR count). The Labute approximate surface area is 124 Å². The molecule has 0 amide bonds. The summed E-state index contributed by atoms with van der Waals surface area (Å²) in [6.45, 7) is 1.79. The third-order valence-corrected chi connectivity index (χ3v) is 4.81. The summed E-state index contributed by atoms with van der Waals surface area (Å²) in [6, 6.07) is 5.66. The van der Waals surface area contributed by atoms with Gasteiger partial charge in [0.2, 0.25) is 0 Å². The maximum atomic E-state index is 6.43. The number of morpholine rings is 1. The van der Waals surface area contributed by atoms with Crippen LogP contribution in [-0.2, 0) is 4.74 Å². The van der Waals surface area contributed by atoms with E-state index in [1.165, 1.54) is 19.3 Å². The minimum absolute atomic E-state index is 0.0180. The number of nitrogens with one attached hydrogen (secondary N) is 1. The Morgan fingerprint density at radius 2 is 1.95 bits per heavy atom. The molecule has 19 heavy (non-hydrogen) atoms. The van der Waals surface area contributed by atoms with E-state index in [4.69, 9.17) is 27.9 Å². The van der Waals surface area contributed by atoms with Crippen molar-refractivity contribution in [2.45, 2.75) is 43.8 Å². The van der Waals surface area contributed by atoms with E-state index in [1.807, 2.05) is 12.1 Å². The minimum atomic E-state index is 0.0180. The normalized spacial score (nSPS) is 26.5. The number of hydrogen-bond acceptors (Lipinski definition) is 2. The summed E-state index contributed by atoms with van der Waals surface area (Å²) in [5.41, 5.74) is 1.06. The molecule has 4 heteroatoms. The van der Waals surface area contributed by atoms with Crippen LogP contribution in [0, 0.1) is 0 Å². The predicted octanol–water partition coefficient (Wildman–Crippen LogP) is 4.36. The van der Waals surface area contributed by atoms with Crippen LogP contribution < -0.4 is 5.32 Å². The average molecular weight is 300 g/mol. The maximum absolute atomic E-state index is 6.43. The third kappa shape index (κ3) is 2.92. The van der Waals surface area contributed by atoms with Crippen LogP contribution >= 0.6 is 23.2 Å². The van der Waals surface area contributed by atoms with Crippen LogP contribution in [0.25, 0.3) is 0 Å².